The van der Waals surface area contributed by atoms with Gasteiger partial charge in [0.15, 0.2) is 0 Å². The largest absolute Gasteiger partial charge is 0.338 e. The summed E-state index contributed by atoms with van der Waals surface area (Å²) in [4.78, 5) is 52.4. The fraction of sp³-hybridized carbons (Fsp3) is 0.450. The predicted octanol–water partition coefficient (Wildman–Crippen LogP) is 1.44. The second-order valence-electron chi connectivity index (χ2n) is 7.31. The van der Waals surface area contributed by atoms with Crippen LogP contribution in [0, 0.1) is 0 Å². The number of carbonyl (C=O) groups excluding carboxylic acids is 2. The maximum absolute atomic E-state index is 13.0. The van der Waals surface area contributed by atoms with E-state index in [1.165, 1.54) is 6.92 Å². The number of aromatic nitrogens is 3. The molecule has 0 unspecified atom stereocenters. The first kappa shape index (κ1) is 18.3. The Kier molecular flexibility index (Phi) is 4.93. The van der Waals surface area contributed by atoms with Gasteiger partial charge in [-0.1, -0.05) is 0 Å². The summed E-state index contributed by atoms with van der Waals surface area (Å²) in [7, 11) is 0. The molecule has 1 atom stereocenters. The van der Waals surface area contributed by atoms with E-state index in [1.807, 2.05) is 0 Å². The van der Waals surface area contributed by atoms with Gasteiger partial charge in [-0.25, -0.2) is 4.98 Å². The van der Waals surface area contributed by atoms with E-state index in [1.54, 1.807) is 34.3 Å². The summed E-state index contributed by atoms with van der Waals surface area (Å²) in [6.07, 6.45) is 6.42. The summed E-state index contributed by atoms with van der Waals surface area (Å²) in [6, 6.07) is 3.15. The van der Waals surface area contributed by atoms with E-state index in [2.05, 4.69) is 9.97 Å². The molecule has 2 amide bonds. The molecule has 0 bridgehead atoms. The maximum atomic E-state index is 13.0. The lowest BCUT2D eigenvalue weighted by Crippen LogP contribution is -2.42. The Hall–Kier alpha value is -3.03. The molecule has 8 nitrogen and oxygen atoms in total. The molecule has 2 aliphatic rings. The van der Waals surface area contributed by atoms with E-state index < -0.39 is 0 Å². The summed E-state index contributed by atoms with van der Waals surface area (Å²) < 4.78 is 0. The fourth-order valence-corrected chi connectivity index (χ4v) is 3.99. The van der Waals surface area contributed by atoms with Crippen molar-refractivity contribution in [2.24, 2.45) is 0 Å². The van der Waals surface area contributed by atoms with Crippen LogP contribution in [0.5, 0.6) is 0 Å². The lowest BCUT2D eigenvalue weighted by Gasteiger charge is -2.35. The highest BCUT2D eigenvalue weighted by molar-refractivity contribution is 5.94. The Morgan fingerprint density at radius 1 is 1.18 bits per heavy atom. The van der Waals surface area contributed by atoms with E-state index in [-0.39, 0.29) is 30.0 Å². The molecule has 0 aromatic carbocycles. The highest BCUT2D eigenvalue weighted by atomic mass is 16.2. The van der Waals surface area contributed by atoms with Gasteiger partial charge in [0.2, 0.25) is 5.91 Å². The molecule has 146 valence electrons. The van der Waals surface area contributed by atoms with Gasteiger partial charge in [-0.15, -0.1) is 0 Å². The molecule has 1 N–H and O–H groups in total. The quantitative estimate of drug-likeness (QED) is 0.849. The van der Waals surface area contributed by atoms with Crippen molar-refractivity contribution in [2.45, 2.75) is 45.2 Å². The summed E-state index contributed by atoms with van der Waals surface area (Å²) in [5, 5.41) is 0. The molecule has 4 heterocycles. The number of piperidine rings is 1. The molecule has 8 heteroatoms. The molecule has 1 fully saturated rings. The minimum absolute atomic E-state index is 0.0458. The number of H-pyrrole nitrogens is 1. The number of fused-ring (bicyclic) bond motifs is 1. The van der Waals surface area contributed by atoms with Crippen LogP contribution < -0.4 is 5.56 Å². The van der Waals surface area contributed by atoms with Crippen LogP contribution in [0.4, 0.5) is 0 Å². The average Bonchev–Trinajstić information content (AvgIpc) is 2.73. The third kappa shape index (κ3) is 3.42. The first-order valence-electron chi connectivity index (χ1n) is 9.63. The van der Waals surface area contributed by atoms with Crippen LogP contribution in [0.15, 0.2) is 29.3 Å². The van der Waals surface area contributed by atoms with Crippen molar-refractivity contribution < 1.29 is 9.59 Å². The molecule has 1 saturated heterocycles. The zero-order valence-electron chi connectivity index (χ0n) is 15.9. The van der Waals surface area contributed by atoms with E-state index >= 15 is 0 Å². The van der Waals surface area contributed by atoms with Gasteiger partial charge in [0.05, 0.1) is 23.8 Å². The van der Waals surface area contributed by atoms with Gasteiger partial charge in [0, 0.05) is 44.4 Å². The summed E-state index contributed by atoms with van der Waals surface area (Å²) in [5.74, 6) is 0.424. The molecule has 0 spiro atoms. The Labute approximate surface area is 162 Å². The normalized spacial score (nSPS) is 19.2. The monoisotopic (exact) mass is 381 g/mol. The molecular weight excluding hydrogens is 358 g/mol. The first-order valence-corrected chi connectivity index (χ1v) is 9.63. The van der Waals surface area contributed by atoms with Crippen LogP contribution in [-0.2, 0) is 17.8 Å². The fourth-order valence-electron chi connectivity index (χ4n) is 3.99. The molecular formula is C20H23N5O3. The smallest absolute Gasteiger partial charge is 0.256 e. The molecule has 0 aliphatic carbocycles. The third-order valence-electron chi connectivity index (χ3n) is 5.54. The summed E-state index contributed by atoms with van der Waals surface area (Å²) in [5.41, 5.74) is 1.65. The van der Waals surface area contributed by atoms with Crippen LogP contribution in [-0.4, -0.2) is 49.7 Å². The van der Waals surface area contributed by atoms with Crippen LogP contribution in [0.3, 0.4) is 0 Å². The molecule has 4 rings (SSSR count). The number of likely N-dealkylation sites (tertiary alicyclic amines) is 1. The van der Waals surface area contributed by atoms with Gasteiger partial charge in [-0.3, -0.25) is 19.4 Å². The van der Waals surface area contributed by atoms with Crippen LogP contribution in [0.2, 0.25) is 0 Å². The van der Waals surface area contributed by atoms with E-state index in [4.69, 9.17) is 4.98 Å². The average molecular weight is 381 g/mol. The topological polar surface area (TPSA) is 99.3 Å². The highest BCUT2D eigenvalue weighted by Gasteiger charge is 2.32. The van der Waals surface area contributed by atoms with Gasteiger partial charge in [0.1, 0.15) is 5.82 Å². The summed E-state index contributed by atoms with van der Waals surface area (Å²) in [6.45, 7) is 2.98. The van der Waals surface area contributed by atoms with Crippen molar-refractivity contribution >= 4 is 11.8 Å². The molecule has 28 heavy (non-hydrogen) atoms. The predicted molar refractivity (Wildman–Crippen MR) is 102 cm³/mol. The van der Waals surface area contributed by atoms with E-state index in [9.17, 15) is 14.4 Å². The van der Waals surface area contributed by atoms with Crippen molar-refractivity contribution in [1.82, 2.24) is 24.8 Å². The third-order valence-corrected chi connectivity index (χ3v) is 5.54. The minimum atomic E-state index is -0.252. The lowest BCUT2D eigenvalue weighted by atomic mass is 9.99. The number of hydrogen-bond acceptors (Lipinski definition) is 5. The second kappa shape index (κ2) is 7.53. The highest BCUT2D eigenvalue weighted by Crippen LogP contribution is 2.30. The van der Waals surface area contributed by atoms with Crippen LogP contribution >= 0.6 is 0 Å². The van der Waals surface area contributed by atoms with Crippen LogP contribution in [0.1, 0.15) is 59.7 Å². The van der Waals surface area contributed by atoms with E-state index in [0.717, 1.165) is 25.0 Å². The van der Waals surface area contributed by atoms with Crippen molar-refractivity contribution in [3.8, 4) is 0 Å². The van der Waals surface area contributed by atoms with Gasteiger partial charge in [-0.05, 0) is 31.4 Å². The van der Waals surface area contributed by atoms with Gasteiger partial charge in [-0.2, -0.15) is 0 Å². The zero-order valence-corrected chi connectivity index (χ0v) is 15.9. The number of amides is 2. The van der Waals surface area contributed by atoms with Gasteiger partial charge < -0.3 is 14.8 Å². The number of nitrogens with zero attached hydrogens (tertiary/aromatic N) is 4. The molecule has 0 saturated carbocycles. The second-order valence-corrected chi connectivity index (χ2v) is 7.31. The maximum Gasteiger partial charge on any atom is 0.256 e. The Morgan fingerprint density at radius 2 is 1.96 bits per heavy atom. The molecule has 2 aromatic rings. The van der Waals surface area contributed by atoms with Crippen molar-refractivity contribution in [2.75, 3.05) is 13.1 Å². The first-order chi connectivity index (χ1) is 13.5. The Balaban J connectivity index is 1.66. The van der Waals surface area contributed by atoms with Crippen molar-refractivity contribution in [1.29, 1.82) is 0 Å². The van der Waals surface area contributed by atoms with Crippen LogP contribution in [0.25, 0.3) is 0 Å². The van der Waals surface area contributed by atoms with E-state index in [0.29, 0.717) is 36.5 Å². The minimum Gasteiger partial charge on any atom is -0.338 e. The number of aromatic amines is 1. The zero-order chi connectivity index (χ0) is 19.7. The Morgan fingerprint density at radius 3 is 2.71 bits per heavy atom. The molecule has 0 radical (unpaired) electrons. The van der Waals surface area contributed by atoms with Gasteiger partial charge in [0.25, 0.3) is 11.5 Å². The SMILES string of the molecule is CC(=O)N1CCc2nc([C@H]3CCCCN3C(=O)c3ccncc3)[nH]c(=O)c2C1. The van der Waals surface area contributed by atoms with Crippen molar-refractivity contribution in [3.63, 3.8) is 0 Å². The van der Waals surface area contributed by atoms with Crippen molar-refractivity contribution in [3.05, 3.63) is 57.5 Å². The van der Waals surface area contributed by atoms with Gasteiger partial charge >= 0.3 is 0 Å². The number of rotatable bonds is 2. The Bertz CT molecular complexity index is 956. The number of nitrogens with one attached hydrogen (secondary N) is 1. The lowest BCUT2D eigenvalue weighted by molar-refractivity contribution is -0.129. The standard InChI is InChI=1S/C20H23N5O3/c1-13(26)24-11-7-16-15(12-24)19(27)23-18(22-16)17-4-2-3-10-25(17)20(28)14-5-8-21-9-6-14/h5-6,8-9,17H,2-4,7,10-12H2,1H3,(H,22,23,27)/t17-/m1/s1. The summed E-state index contributed by atoms with van der Waals surface area (Å²) >= 11 is 0. The molecule has 2 aliphatic heterocycles. The number of carbonyl (C=O) groups is 2. The number of pyridine rings is 1. The molecule has 2 aromatic heterocycles. The number of hydrogen-bond donors (Lipinski definition) is 1.